The summed E-state index contributed by atoms with van der Waals surface area (Å²) in [5.74, 6) is 1.13. The molecule has 0 aliphatic rings. The third-order valence-electron chi connectivity index (χ3n) is 4.54. The Morgan fingerprint density at radius 2 is 1.59 bits per heavy atom. The fraction of sp³-hybridized carbons (Fsp3) is 0.304. The molecule has 1 unspecified atom stereocenters. The Kier molecular flexibility index (Phi) is 6.94. The molecule has 1 heterocycles. The summed E-state index contributed by atoms with van der Waals surface area (Å²) in [6.45, 7) is 2.80. The van der Waals surface area contributed by atoms with Gasteiger partial charge in [0.25, 0.3) is 0 Å². The number of phenols is 1. The number of aryl methyl sites for hydroxylation is 1. The first-order valence-corrected chi connectivity index (χ1v) is 9.46. The van der Waals surface area contributed by atoms with Crippen LogP contribution in [-0.2, 0) is 17.8 Å². The maximum Gasteiger partial charge on any atom is 0.128 e. The molecular weight excluding hydrogens is 336 g/mol. The summed E-state index contributed by atoms with van der Waals surface area (Å²) in [5.41, 5.74) is 3.18. The lowest BCUT2D eigenvalue weighted by Crippen LogP contribution is -2.08. The molecule has 0 amide bonds. The molecule has 2 aromatic carbocycles. The number of nitrogens with zero attached hydrogens (tertiary/aromatic N) is 2. The van der Waals surface area contributed by atoms with Crippen LogP contribution in [0, 0.1) is 0 Å². The molecule has 0 fully saturated rings. The molecule has 0 spiro atoms. The Labute approximate surface area is 160 Å². The number of unbranched alkanes of at least 4 members (excludes halogenated alkanes) is 1. The summed E-state index contributed by atoms with van der Waals surface area (Å²) in [5, 5.41) is 9.36. The second-order valence-corrected chi connectivity index (χ2v) is 6.79. The van der Waals surface area contributed by atoms with Crippen molar-refractivity contribution in [3.05, 3.63) is 78.4 Å². The van der Waals surface area contributed by atoms with Gasteiger partial charge in [-0.2, -0.15) is 0 Å². The van der Waals surface area contributed by atoms with Gasteiger partial charge in [-0.25, -0.2) is 9.97 Å². The Balaban J connectivity index is 1.37. The number of ether oxygens (including phenoxy) is 1. The van der Waals surface area contributed by atoms with Gasteiger partial charge in [-0.3, -0.25) is 0 Å². The SMILES string of the molecule is CC(CCCCc1ncc(-c2ccc(O)cc2)cn1)OCc1ccccc1. The van der Waals surface area contributed by atoms with E-state index in [2.05, 4.69) is 29.0 Å². The van der Waals surface area contributed by atoms with Crippen LogP contribution >= 0.6 is 0 Å². The van der Waals surface area contributed by atoms with Crippen molar-refractivity contribution in [3.8, 4) is 16.9 Å². The summed E-state index contributed by atoms with van der Waals surface area (Å²) in [6, 6.07) is 17.3. The van der Waals surface area contributed by atoms with E-state index >= 15 is 0 Å². The Morgan fingerprint density at radius 3 is 2.30 bits per heavy atom. The number of hydrogen-bond donors (Lipinski definition) is 1. The van der Waals surface area contributed by atoms with Crippen LogP contribution in [0.1, 0.15) is 37.6 Å². The lowest BCUT2D eigenvalue weighted by molar-refractivity contribution is 0.0460. The molecular formula is C23H26N2O2. The molecule has 0 saturated heterocycles. The Bertz CT molecular complexity index is 802. The summed E-state index contributed by atoms with van der Waals surface area (Å²) >= 11 is 0. The molecule has 0 bridgehead atoms. The summed E-state index contributed by atoms with van der Waals surface area (Å²) in [6.07, 6.45) is 8.01. The largest absolute Gasteiger partial charge is 0.508 e. The van der Waals surface area contributed by atoms with Crippen molar-refractivity contribution in [2.24, 2.45) is 0 Å². The molecule has 27 heavy (non-hydrogen) atoms. The molecule has 0 saturated carbocycles. The van der Waals surface area contributed by atoms with E-state index in [9.17, 15) is 5.11 Å². The maximum absolute atomic E-state index is 9.36. The van der Waals surface area contributed by atoms with Crippen molar-refractivity contribution in [2.75, 3.05) is 0 Å². The van der Waals surface area contributed by atoms with Gasteiger partial charge in [0.1, 0.15) is 11.6 Å². The summed E-state index contributed by atoms with van der Waals surface area (Å²) < 4.78 is 5.90. The number of benzene rings is 2. The van der Waals surface area contributed by atoms with E-state index in [1.165, 1.54) is 5.56 Å². The normalized spacial score (nSPS) is 12.0. The van der Waals surface area contributed by atoms with Crippen LogP contribution in [0.25, 0.3) is 11.1 Å². The number of aromatic hydroxyl groups is 1. The van der Waals surface area contributed by atoms with Gasteiger partial charge in [-0.1, -0.05) is 48.9 Å². The van der Waals surface area contributed by atoms with Gasteiger partial charge >= 0.3 is 0 Å². The van der Waals surface area contributed by atoms with Gasteiger partial charge in [0.05, 0.1) is 12.7 Å². The van der Waals surface area contributed by atoms with Crippen LogP contribution in [0.3, 0.4) is 0 Å². The van der Waals surface area contributed by atoms with Gasteiger partial charge < -0.3 is 9.84 Å². The minimum Gasteiger partial charge on any atom is -0.508 e. The third kappa shape index (κ3) is 6.19. The van der Waals surface area contributed by atoms with Gasteiger partial charge in [0, 0.05) is 24.4 Å². The van der Waals surface area contributed by atoms with Crippen LogP contribution < -0.4 is 0 Å². The van der Waals surface area contributed by atoms with Crippen molar-refractivity contribution in [3.63, 3.8) is 0 Å². The first-order valence-electron chi connectivity index (χ1n) is 9.46. The highest BCUT2D eigenvalue weighted by molar-refractivity contribution is 5.62. The van der Waals surface area contributed by atoms with E-state index in [1.54, 1.807) is 12.1 Å². The summed E-state index contributed by atoms with van der Waals surface area (Å²) in [4.78, 5) is 8.93. The lowest BCUT2D eigenvalue weighted by atomic mass is 10.1. The zero-order chi connectivity index (χ0) is 18.9. The zero-order valence-electron chi connectivity index (χ0n) is 15.7. The van der Waals surface area contributed by atoms with Gasteiger partial charge in [0.2, 0.25) is 0 Å². The molecule has 1 N–H and O–H groups in total. The van der Waals surface area contributed by atoms with E-state index in [4.69, 9.17) is 4.74 Å². The molecule has 0 aliphatic heterocycles. The monoisotopic (exact) mass is 362 g/mol. The Morgan fingerprint density at radius 1 is 0.889 bits per heavy atom. The van der Waals surface area contributed by atoms with Crippen LogP contribution in [0.2, 0.25) is 0 Å². The number of aromatic nitrogens is 2. The first kappa shape index (κ1) is 19.1. The standard InChI is InChI=1S/C23H26N2O2/c1-18(27-17-19-8-3-2-4-9-19)7-5-6-10-23-24-15-21(16-25-23)20-11-13-22(26)14-12-20/h2-4,8-9,11-16,18,26H,5-7,10,17H2,1H3. The lowest BCUT2D eigenvalue weighted by Gasteiger charge is -2.13. The fourth-order valence-corrected chi connectivity index (χ4v) is 2.90. The van der Waals surface area contributed by atoms with Crippen molar-refractivity contribution < 1.29 is 9.84 Å². The van der Waals surface area contributed by atoms with Crippen molar-refractivity contribution in [1.82, 2.24) is 9.97 Å². The third-order valence-corrected chi connectivity index (χ3v) is 4.54. The molecule has 4 nitrogen and oxygen atoms in total. The second kappa shape index (κ2) is 9.83. The number of rotatable bonds is 9. The average Bonchev–Trinajstić information content (AvgIpc) is 2.71. The van der Waals surface area contributed by atoms with Crippen molar-refractivity contribution >= 4 is 0 Å². The first-order chi connectivity index (χ1) is 13.2. The molecule has 1 aromatic heterocycles. The highest BCUT2D eigenvalue weighted by Gasteiger charge is 2.05. The molecule has 3 rings (SSSR count). The van der Waals surface area contributed by atoms with E-state index in [0.717, 1.165) is 42.6 Å². The zero-order valence-corrected chi connectivity index (χ0v) is 15.7. The molecule has 4 heteroatoms. The average molecular weight is 362 g/mol. The second-order valence-electron chi connectivity index (χ2n) is 6.79. The minimum atomic E-state index is 0.253. The molecule has 3 aromatic rings. The van der Waals surface area contributed by atoms with Gasteiger partial charge in [-0.15, -0.1) is 0 Å². The highest BCUT2D eigenvalue weighted by atomic mass is 16.5. The van der Waals surface area contributed by atoms with Crippen LogP contribution in [-0.4, -0.2) is 21.2 Å². The quantitative estimate of drug-likeness (QED) is 0.534. The summed E-state index contributed by atoms with van der Waals surface area (Å²) in [7, 11) is 0. The van der Waals surface area contributed by atoms with Crippen LogP contribution in [0.4, 0.5) is 0 Å². The number of hydrogen-bond acceptors (Lipinski definition) is 4. The predicted molar refractivity (Wildman–Crippen MR) is 107 cm³/mol. The van der Waals surface area contributed by atoms with Crippen molar-refractivity contribution in [2.45, 2.75) is 45.3 Å². The smallest absolute Gasteiger partial charge is 0.128 e. The van der Waals surface area contributed by atoms with E-state index in [1.807, 2.05) is 42.7 Å². The van der Waals surface area contributed by atoms with Crippen molar-refractivity contribution in [1.29, 1.82) is 0 Å². The predicted octanol–water partition coefficient (Wildman–Crippen LogP) is 5.17. The molecule has 0 radical (unpaired) electrons. The van der Waals surface area contributed by atoms with Gasteiger partial charge in [0.15, 0.2) is 0 Å². The van der Waals surface area contributed by atoms with Crippen LogP contribution in [0.15, 0.2) is 67.0 Å². The van der Waals surface area contributed by atoms with E-state index in [-0.39, 0.29) is 11.9 Å². The molecule has 1 atom stereocenters. The number of phenolic OH excluding ortho intramolecular Hbond substituents is 1. The maximum atomic E-state index is 9.36. The topological polar surface area (TPSA) is 55.2 Å². The molecule has 140 valence electrons. The fourth-order valence-electron chi connectivity index (χ4n) is 2.90. The van der Waals surface area contributed by atoms with E-state index in [0.29, 0.717) is 6.61 Å². The van der Waals surface area contributed by atoms with Crippen LogP contribution in [0.5, 0.6) is 5.75 Å². The van der Waals surface area contributed by atoms with Gasteiger partial charge in [-0.05, 0) is 43.0 Å². The molecule has 0 aliphatic carbocycles. The Hall–Kier alpha value is -2.72. The van der Waals surface area contributed by atoms with E-state index < -0.39 is 0 Å². The highest BCUT2D eigenvalue weighted by Crippen LogP contribution is 2.20. The minimum absolute atomic E-state index is 0.253.